The zero-order valence-corrected chi connectivity index (χ0v) is 10.8. The van der Waals surface area contributed by atoms with E-state index in [0.717, 1.165) is 5.56 Å². The summed E-state index contributed by atoms with van der Waals surface area (Å²) >= 11 is 0. The van der Waals surface area contributed by atoms with Crippen LogP contribution in [0.2, 0.25) is 0 Å². The van der Waals surface area contributed by atoms with Gasteiger partial charge in [0.15, 0.2) is 0 Å². The predicted molar refractivity (Wildman–Crippen MR) is 70.8 cm³/mol. The summed E-state index contributed by atoms with van der Waals surface area (Å²) in [6.07, 6.45) is 3.42. The Labute approximate surface area is 104 Å². The lowest BCUT2D eigenvalue weighted by Crippen LogP contribution is -2.39. The molecule has 2 atom stereocenters. The number of aliphatic hydroxyl groups excluding tert-OH is 1. The third kappa shape index (κ3) is 3.08. The highest BCUT2D eigenvalue weighted by Gasteiger charge is 2.34. The summed E-state index contributed by atoms with van der Waals surface area (Å²) in [4.78, 5) is 0. The van der Waals surface area contributed by atoms with Crippen molar-refractivity contribution in [3.8, 4) is 0 Å². The Morgan fingerprint density at radius 1 is 1.35 bits per heavy atom. The average molecular weight is 233 g/mol. The first-order chi connectivity index (χ1) is 8.09. The van der Waals surface area contributed by atoms with Crippen molar-refractivity contribution in [1.82, 2.24) is 5.32 Å². The highest BCUT2D eigenvalue weighted by atomic mass is 16.3. The van der Waals surface area contributed by atoms with E-state index in [9.17, 15) is 5.11 Å². The normalized spacial score (nSPS) is 24.8. The Morgan fingerprint density at radius 2 is 2.06 bits per heavy atom. The van der Waals surface area contributed by atoms with Crippen molar-refractivity contribution in [1.29, 1.82) is 0 Å². The number of rotatable bonds is 4. The van der Waals surface area contributed by atoms with Crippen LogP contribution in [0, 0.1) is 5.41 Å². The van der Waals surface area contributed by atoms with E-state index >= 15 is 0 Å². The average Bonchev–Trinajstić information content (AvgIpc) is 2.66. The molecule has 17 heavy (non-hydrogen) atoms. The van der Waals surface area contributed by atoms with Gasteiger partial charge in [0.2, 0.25) is 0 Å². The lowest BCUT2D eigenvalue weighted by atomic mass is 9.87. The van der Waals surface area contributed by atoms with Gasteiger partial charge in [0.1, 0.15) is 0 Å². The van der Waals surface area contributed by atoms with Gasteiger partial charge in [-0.1, -0.05) is 50.6 Å². The molecule has 0 radical (unpaired) electrons. The van der Waals surface area contributed by atoms with E-state index in [-0.39, 0.29) is 0 Å². The fourth-order valence-electron chi connectivity index (χ4n) is 2.75. The molecule has 2 unspecified atom stereocenters. The minimum atomic E-state index is -0.396. The monoisotopic (exact) mass is 233 g/mol. The van der Waals surface area contributed by atoms with Crippen molar-refractivity contribution in [2.24, 2.45) is 5.41 Å². The van der Waals surface area contributed by atoms with Crippen LogP contribution in [0.5, 0.6) is 0 Å². The van der Waals surface area contributed by atoms with Gasteiger partial charge in [-0.15, -0.1) is 0 Å². The maximum Gasteiger partial charge on any atom is 0.0914 e. The van der Waals surface area contributed by atoms with Crippen LogP contribution in [0.1, 0.15) is 44.8 Å². The van der Waals surface area contributed by atoms with Crippen LogP contribution in [0.4, 0.5) is 0 Å². The second-order valence-electron chi connectivity index (χ2n) is 5.77. The highest BCUT2D eigenvalue weighted by Crippen LogP contribution is 2.37. The summed E-state index contributed by atoms with van der Waals surface area (Å²) in [6, 6.07) is 10.4. The predicted octanol–water partition coefficient (Wildman–Crippen LogP) is 2.89. The zero-order chi connectivity index (χ0) is 12.3. The molecule has 0 amide bonds. The Morgan fingerprint density at radius 3 is 2.65 bits per heavy atom. The van der Waals surface area contributed by atoms with Gasteiger partial charge in [-0.25, -0.2) is 0 Å². The van der Waals surface area contributed by atoms with Crippen LogP contribution in [0.3, 0.4) is 0 Å². The lowest BCUT2D eigenvalue weighted by Gasteiger charge is -2.29. The Balaban J connectivity index is 1.86. The maximum absolute atomic E-state index is 10.1. The summed E-state index contributed by atoms with van der Waals surface area (Å²) in [5.41, 5.74) is 1.37. The molecule has 1 fully saturated rings. The van der Waals surface area contributed by atoms with Gasteiger partial charge in [0.05, 0.1) is 6.10 Å². The third-order valence-electron chi connectivity index (χ3n) is 4.00. The quantitative estimate of drug-likeness (QED) is 0.838. The summed E-state index contributed by atoms with van der Waals surface area (Å²) in [5.74, 6) is 0. The summed E-state index contributed by atoms with van der Waals surface area (Å²) in [6.45, 7) is 5.28. The van der Waals surface area contributed by atoms with Crippen LogP contribution in [-0.4, -0.2) is 17.7 Å². The molecule has 0 aliphatic heterocycles. The third-order valence-corrected chi connectivity index (χ3v) is 4.00. The van der Waals surface area contributed by atoms with Gasteiger partial charge in [0, 0.05) is 12.6 Å². The van der Waals surface area contributed by atoms with Crippen molar-refractivity contribution in [3.63, 3.8) is 0 Å². The van der Waals surface area contributed by atoms with E-state index in [4.69, 9.17) is 0 Å². The minimum absolute atomic E-state index is 0.371. The molecule has 94 valence electrons. The van der Waals surface area contributed by atoms with Crippen LogP contribution >= 0.6 is 0 Å². The largest absolute Gasteiger partial charge is 0.387 e. The molecule has 1 aromatic rings. The molecule has 0 bridgehead atoms. The van der Waals surface area contributed by atoms with Crippen LogP contribution < -0.4 is 5.32 Å². The van der Waals surface area contributed by atoms with Gasteiger partial charge in [-0.3, -0.25) is 0 Å². The SMILES string of the molecule is CC1(C)CCCC1NCC(O)c1ccccc1. The van der Waals surface area contributed by atoms with E-state index in [2.05, 4.69) is 19.2 Å². The molecule has 0 aromatic heterocycles. The van der Waals surface area contributed by atoms with E-state index in [1.807, 2.05) is 30.3 Å². The van der Waals surface area contributed by atoms with Gasteiger partial charge in [-0.05, 0) is 23.8 Å². The first-order valence-electron chi connectivity index (χ1n) is 6.56. The molecule has 2 N–H and O–H groups in total. The molecule has 1 saturated carbocycles. The summed E-state index contributed by atoms with van der Waals surface area (Å²) in [5, 5.41) is 13.6. The second kappa shape index (κ2) is 5.19. The first-order valence-corrected chi connectivity index (χ1v) is 6.56. The first kappa shape index (κ1) is 12.6. The molecular weight excluding hydrogens is 210 g/mol. The fraction of sp³-hybridized carbons (Fsp3) is 0.600. The van der Waals surface area contributed by atoms with Crippen LogP contribution in [-0.2, 0) is 0 Å². The second-order valence-corrected chi connectivity index (χ2v) is 5.77. The van der Waals surface area contributed by atoms with Crippen molar-refractivity contribution in [2.75, 3.05) is 6.54 Å². The lowest BCUT2D eigenvalue weighted by molar-refractivity contribution is 0.158. The number of nitrogens with one attached hydrogen (secondary N) is 1. The smallest absolute Gasteiger partial charge is 0.0914 e. The van der Waals surface area contributed by atoms with Crippen LogP contribution in [0.25, 0.3) is 0 Å². The highest BCUT2D eigenvalue weighted by molar-refractivity contribution is 5.17. The molecule has 2 heteroatoms. The standard InChI is InChI=1S/C15H23NO/c1-15(2)10-6-9-14(15)16-11-13(17)12-7-4-3-5-8-12/h3-5,7-8,13-14,16-17H,6,9-11H2,1-2H3. The zero-order valence-electron chi connectivity index (χ0n) is 10.8. The molecule has 1 aliphatic carbocycles. The Kier molecular flexibility index (Phi) is 3.85. The summed E-state index contributed by atoms with van der Waals surface area (Å²) < 4.78 is 0. The molecular formula is C15H23NO. The van der Waals surface area contributed by atoms with Crippen molar-refractivity contribution in [3.05, 3.63) is 35.9 Å². The van der Waals surface area contributed by atoms with Crippen molar-refractivity contribution < 1.29 is 5.11 Å². The van der Waals surface area contributed by atoms with Crippen molar-refractivity contribution in [2.45, 2.75) is 45.3 Å². The molecule has 2 nitrogen and oxygen atoms in total. The molecule has 0 heterocycles. The van der Waals surface area contributed by atoms with Gasteiger partial charge < -0.3 is 10.4 Å². The Hall–Kier alpha value is -0.860. The molecule has 1 aliphatic rings. The van der Waals surface area contributed by atoms with E-state index in [1.165, 1.54) is 19.3 Å². The fourth-order valence-corrected chi connectivity index (χ4v) is 2.75. The summed E-state index contributed by atoms with van der Waals surface area (Å²) in [7, 11) is 0. The number of aliphatic hydroxyl groups is 1. The topological polar surface area (TPSA) is 32.3 Å². The minimum Gasteiger partial charge on any atom is -0.387 e. The van der Waals surface area contributed by atoms with Gasteiger partial charge in [-0.2, -0.15) is 0 Å². The molecule has 2 rings (SSSR count). The number of benzene rings is 1. The molecule has 1 aromatic carbocycles. The van der Waals surface area contributed by atoms with E-state index < -0.39 is 6.10 Å². The number of hydrogen-bond acceptors (Lipinski definition) is 2. The van der Waals surface area contributed by atoms with Crippen molar-refractivity contribution >= 4 is 0 Å². The van der Waals surface area contributed by atoms with Crippen LogP contribution in [0.15, 0.2) is 30.3 Å². The maximum atomic E-state index is 10.1. The molecule has 0 spiro atoms. The van der Waals surface area contributed by atoms with Gasteiger partial charge in [0.25, 0.3) is 0 Å². The molecule has 0 saturated heterocycles. The van der Waals surface area contributed by atoms with Gasteiger partial charge >= 0.3 is 0 Å². The van der Waals surface area contributed by atoms with E-state index in [1.54, 1.807) is 0 Å². The number of hydrogen-bond donors (Lipinski definition) is 2. The van der Waals surface area contributed by atoms with E-state index in [0.29, 0.717) is 18.0 Å². The Bertz CT molecular complexity index is 347.